The Morgan fingerprint density at radius 3 is 2.89 bits per heavy atom. The fourth-order valence-corrected chi connectivity index (χ4v) is 3.09. The molecule has 0 amide bonds. The number of aliphatic carboxylic acids is 1. The Kier molecular flexibility index (Phi) is 8.98. The molecule has 2 N–H and O–H groups in total. The number of unbranched alkanes of at least 4 members (excludes halogenated alkanes) is 1. The molecule has 0 aliphatic heterocycles. The number of aliphatic hydroxyl groups is 1. The van der Waals surface area contributed by atoms with E-state index in [1.54, 1.807) is 42.5 Å². The maximum absolute atomic E-state index is 12.1. The van der Waals surface area contributed by atoms with Gasteiger partial charge < -0.3 is 14.9 Å². The van der Waals surface area contributed by atoms with E-state index in [4.69, 9.17) is 21.4 Å². The number of carbonyl (C=O) groups is 2. The number of carboxylic acid groups (broad SMARTS) is 1. The lowest BCUT2D eigenvalue weighted by molar-refractivity contribution is -0.137. The fraction of sp³-hybridized carbons (Fsp3) is 0.364. The number of carbonyl (C=O) groups excluding carboxylic acids is 1. The summed E-state index contributed by atoms with van der Waals surface area (Å²) in [5.74, 6) is -0.459. The number of aliphatic hydroxyl groups excluding tert-OH is 1. The molecule has 2 rings (SSSR count). The fourth-order valence-electron chi connectivity index (χ4n) is 2.91. The summed E-state index contributed by atoms with van der Waals surface area (Å²) in [7, 11) is 0. The summed E-state index contributed by atoms with van der Waals surface area (Å²) in [6.45, 7) is 0.0688. The first kappa shape index (κ1) is 21.9. The Bertz CT molecular complexity index is 753. The second kappa shape index (κ2) is 11.5. The zero-order valence-corrected chi connectivity index (χ0v) is 16.3. The van der Waals surface area contributed by atoms with E-state index in [0.29, 0.717) is 30.0 Å². The van der Waals surface area contributed by atoms with Gasteiger partial charge in [-0.3, -0.25) is 9.59 Å². The first-order valence-corrected chi connectivity index (χ1v) is 9.67. The quantitative estimate of drug-likeness (QED) is 0.426. The molecular formula is C22H25ClO5. The number of carboxylic acids is 1. The van der Waals surface area contributed by atoms with Crippen molar-refractivity contribution in [3.63, 3.8) is 0 Å². The molecule has 150 valence electrons. The normalized spacial score (nSPS) is 20.3. The van der Waals surface area contributed by atoms with Crippen LogP contribution >= 0.6 is 11.6 Å². The van der Waals surface area contributed by atoms with Crippen molar-refractivity contribution in [1.82, 2.24) is 0 Å². The van der Waals surface area contributed by atoms with Gasteiger partial charge in [-0.1, -0.05) is 48.0 Å². The van der Waals surface area contributed by atoms with Crippen LogP contribution in [-0.2, 0) is 9.59 Å². The number of rotatable bonds is 11. The minimum Gasteiger partial charge on any atom is -0.491 e. The highest BCUT2D eigenvalue weighted by Crippen LogP contribution is 2.27. The Morgan fingerprint density at radius 2 is 2.14 bits per heavy atom. The molecule has 28 heavy (non-hydrogen) atoms. The minimum absolute atomic E-state index is 0.0171. The van der Waals surface area contributed by atoms with E-state index in [9.17, 15) is 14.7 Å². The zero-order valence-electron chi connectivity index (χ0n) is 15.5. The van der Waals surface area contributed by atoms with Crippen molar-refractivity contribution in [3.8, 4) is 5.75 Å². The van der Waals surface area contributed by atoms with Crippen molar-refractivity contribution >= 4 is 23.4 Å². The summed E-state index contributed by atoms with van der Waals surface area (Å²) in [4.78, 5) is 22.5. The third kappa shape index (κ3) is 7.71. The van der Waals surface area contributed by atoms with Gasteiger partial charge in [-0.2, -0.15) is 0 Å². The van der Waals surface area contributed by atoms with E-state index in [2.05, 4.69) is 0 Å². The second-order valence-electron chi connectivity index (χ2n) is 6.66. The van der Waals surface area contributed by atoms with E-state index in [1.807, 2.05) is 18.2 Å². The topological polar surface area (TPSA) is 83.8 Å². The van der Waals surface area contributed by atoms with E-state index in [-0.39, 0.29) is 30.6 Å². The van der Waals surface area contributed by atoms with Crippen LogP contribution in [0.2, 0.25) is 5.02 Å². The van der Waals surface area contributed by atoms with E-state index < -0.39 is 12.1 Å². The van der Waals surface area contributed by atoms with Crippen LogP contribution in [0.3, 0.4) is 0 Å². The lowest BCUT2D eigenvalue weighted by Gasteiger charge is -2.14. The van der Waals surface area contributed by atoms with Gasteiger partial charge in [0, 0.05) is 17.4 Å². The number of allylic oxidation sites excluding steroid dienone is 5. The Balaban J connectivity index is 1.78. The number of hydrogen-bond acceptors (Lipinski definition) is 4. The predicted molar refractivity (Wildman–Crippen MR) is 108 cm³/mol. The largest absolute Gasteiger partial charge is 0.491 e. The number of ketones is 1. The standard InChI is InChI=1S/C22H25ClO5/c23-17-7-5-8-19(14-17)28-15-18(24)11-12-20-16(10-13-21(20)25)6-3-1-2-4-9-22(26)27/h1,3,5,7-8,10-14,16,18,20,24H,2,4,6,9,15H2,(H,26,27)/t16-,18+,20+/m0/s1. The van der Waals surface area contributed by atoms with Crippen LogP contribution in [0.25, 0.3) is 0 Å². The first-order valence-electron chi connectivity index (χ1n) is 9.29. The number of ether oxygens (including phenoxy) is 1. The van der Waals surface area contributed by atoms with Crippen LogP contribution < -0.4 is 4.74 Å². The summed E-state index contributed by atoms with van der Waals surface area (Å²) < 4.78 is 5.50. The molecule has 0 fully saturated rings. The van der Waals surface area contributed by atoms with Gasteiger partial charge in [0.1, 0.15) is 18.5 Å². The summed E-state index contributed by atoms with van der Waals surface area (Å²) in [6.07, 6.45) is 12.0. The summed E-state index contributed by atoms with van der Waals surface area (Å²) >= 11 is 5.89. The molecule has 0 aromatic heterocycles. The third-order valence-electron chi connectivity index (χ3n) is 4.39. The van der Waals surface area contributed by atoms with Crippen LogP contribution in [0.4, 0.5) is 0 Å². The molecule has 0 spiro atoms. The monoisotopic (exact) mass is 404 g/mol. The lowest BCUT2D eigenvalue weighted by Crippen LogP contribution is -2.17. The molecule has 0 saturated heterocycles. The average Bonchev–Trinajstić information content (AvgIpc) is 3.00. The highest BCUT2D eigenvalue weighted by atomic mass is 35.5. The van der Waals surface area contributed by atoms with Crippen molar-refractivity contribution < 1.29 is 24.5 Å². The van der Waals surface area contributed by atoms with Gasteiger partial charge in [0.15, 0.2) is 5.78 Å². The molecule has 0 unspecified atom stereocenters. The predicted octanol–water partition coefficient (Wildman–Crippen LogP) is 4.21. The van der Waals surface area contributed by atoms with Gasteiger partial charge in [-0.15, -0.1) is 0 Å². The van der Waals surface area contributed by atoms with Gasteiger partial charge in [-0.05, 0) is 49.5 Å². The second-order valence-corrected chi connectivity index (χ2v) is 7.10. The van der Waals surface area contributed by atoms with Crippen molar-refractivity contribution in [3.05, 3.63) is 65.7 Å². The average molecular weight is 405 g/mol. The lowest BCUT2D eigenvalue weighted by atomic mass is 9.91. The molecule has 0 bridgehead atoms. The van der Waals surface area contributed by atoms with Crippen LogP contribution in [0, 0.1) is 11.8 Å². The Labute approximate surface area is 170 Å². The number of halogens is 1. The van der Waals surface area contributed by atoms with Crippen LogP contribution in [0.1, 0.15) is 25.7 Å². The van der Waals surface area contributed by atoms with E-state index in [0.717, 1.165) is 0 Å². The number of hydrogen-bond donors (Lipinski definition) is 2. The molecule has 0 radical (unpaired) electrons. The molecule has 5 nitrogen and oxygen atoms in total. The number of benzene rings is 1. The molecule has 6 heteroatoms. The zero-order chi connectivity index (χ0) is 20.4. The van der Waals surface area contributed by atoms with Crippen molar-refractivity contribution in [2.24, 2.45) is 11.8 Å². The van der Waals surface area contributed by atoms with Gasteiger partial charge in [0.05, 0.1) is 0 Å². The Hall–Kier alpha value is -2.37. The first-order chi connectivity index (χ1) is 13.5. The van der Waals surface area contributed by atoms with Crippen LogP contribution in [-0.4, -0.2) is 34.7 Å². The van der Waals surface area contributed by atoms with Gasteiger partial charge in [-0.25, -0.2) is 0 Å². The maximum atomic E-state index is 12.1. The van der Waals surface area contributed by atoms with E-state index in [1.165, 1.54) is 0 Å². The summed E-state index contributed by atoms with van der Waals surface area (Å²) in [5, 5.41) is 19.3. The molecular weight excluding hydrogens is 380 g/mol. The molecule has 0 heterocycles. The van der Waals surface area contributed by atoms with Gasteiger partial charge in [0.25, 0.3) is 0 Å². The van der Waals surface area contributed by atoms with Crippen molar-refractivity contribution in [2.45, 2.75) is 31.8 Å². The molecule has 1 aromatic rings. The SMILES string of the molecule is O=C(O)CCCC=CC[C@H]1C=CC(=O)[C@@H]1C=C[C@@H](O)COc1cccc(Cl)c1. The summed E-state index contributed by atoms with van der Waals surface area (Å²) in [6, 6.07) is 6.93. The molecule has 3 atom stereocenters. The maximum Gasteiger partial charge on any atom is 0.303 e. The third-order valence-corrected chi connectivity index (χ3v) is 4.63. The highest BCUT2D eigenvalue weighted by Gasteiger charge is 2.26. The smallest absolute Gasteiger partial charge is 0.303 e. The van der Waals surface area contributed by atoms with E-state index >= 15 is 0 Å². The molecule has 1 aliphatic rings. The molecule has 1 aliphatic carbocycles. The minimum atomic E-state index is -0.834. The van der Waals surface area contributed by atoms with Crippen LogP contribution in [0.15, 0.2) is 60.7 Å². The van der Waals surface area contributed by atoms with Crippen molar-refractivity contribution in [2.75, 3.05) is 6.61 Å². The Morgan fingerprint density at radius 1 is 1.32 bits per heavy atom. The molecule has 0 saturated carbocycles. The van der Waals surface area contributed by atoms with Gasteiger partial charge in [0.2, 0.25) is 0 Å². The molecule has 1 aromatic carbocycles. The highest BCUT2D eigenvalue weighted by molar-refractivity contribution is 6.30. The van der Waals surface area contributed by atoms with Crippen molar-refractivity contribution in [1.29, 1.82) is 0 Å². The van der Waals surface area contributed by atoms with Crippen LogP contribution in [0.5, 0.6) is 5.75 Å². The van der Waals surface area contributed by atoms with Gasteiger partial charge >= 0.3 is 5.97 Å². The summed E-state index contributed by atoms with van der Waals surface area (Å²) in [5.41, 5.74) is 0.